The molecule has 0 bridgehead atoms. The van der Waals surface area contributed by atoms with E-state index in [9.17, 15) is 5.11 Å². The van der Waals surface area contributed by atoms with Crippen LogP contribution in [-0.4, -0.2) is 20.1 Å². The molecule has 2 aromatic carbocycles. The maximum absolute atomic E-state index is 11.0. The molecule has 0 aliphatic carbocycles. The Labute approximate surface area is 175 Å². The average molecular weight is 394 g/mol. The van der Waals surface area contributed by atoms with Crippen molar-refractivity contribution >= 4 is 11.0 Å². The van der Waals surface area contributed by atoms with Crippen molar-refractivity contribution in [2.45, 2.75) is 84.5 Å². The number of phenols is 1. The molecule has 3 aromatic rings. The predicted octanol–water partition coefficient (Wildman–Crippen LogP) is 6.76. The van der Waals surface area contributed by atoms with Gasteiger partial charge in [0.25, 0.3) is 0 Å². The smallest absolute Gasteiger partial charge is 0.146 e. The molecule has 0 amide bonds. The number of aromatic nitrogens is 3. The highest BCUT2D eigenvalue weighted by atomic mass is 16.3. The summed E-state index contributed by atoms with van der Waals surface area (Å²) in [6.07, 6.45) is 13.3. The molecule has 0 radical (unpaired) electrons. The van der Waals surface area contributed by atoms with Gasteiger partial charge in [-0.25, -0.2) is 0 Å². The lowest BCUT2D eigenvalue weighted by Gasteiger charge is -2.12. The number of phenolic OH excluding ortho intramolecular Hbond substituents is 1. The normalized spacial score (nSPS) is 11.4. The van der Waals surface area contributed by atoms with Crippen molar-refractivity contribution in [1.29, 1.82) is 0 Å². The van der Waals surface area contributed by atoms with Crippen LogP contribution in [0.5, 0.6) is 5.75 Å². The summed E-state index contributed by atoms with van der Waals surface area (Å²) >= 11 is 0. The highest BCUT2D eigenvalue weighted by Crippen LogP contribution is 2.30. The summed E-state index contributed by atoms with van der Waals surface area (Å²) in [5, 5.41) is 20.1. The summed E-state index contributed by atoms with van der Waals surface area (Å²) in [6.45, 7) is 4.44. The molecule has 3 rings (SSSR count). The Morgan fingerprint density at radius 1 is 0.759 bits per heavy atom. The van der Waals surface area contributed by atoms with E-state index < -0.39 is 0 Å². The van der Waals surface area contributed by atoms with E-state index in [1.807, 2.05) is 30.3 Å². The van der Waals surface area contributed by atoms with Gasteiger partial charge in [0.2, 0.25) is 0 Å². The molecule has 4 nitrogen and oxygen atoms in total. The van der Waals surface area contributed by atoms with Gasteiger partial charge in [-0.15, -0.1) is 15.0 Å². The molecule has 0 spiro atoms. The summed E-state index contributed by atoms with van der Waals surface area (Å²) in [5.74, 6) is 0.327. The van der Waals surface area contributed by atoms with Crippen molar-refractivity contribution in [2.24, 2.45) is 0 Å². The van der Waals surface area contributed by atoms with Gasteiger partial charge < -0.3 is 5.11 Å². The van der Waals surface area contributed by atoms with Crippen LogP contribution in [-0.2, 0) is 12.8 Å². The third-order valence-corrected chi connectivity index (χ3v) is 5.57. The lowest BCUT2D eigenvalue weighted by Crippen LogP contribution is -2.03. The molecule has 0 aliphatic rings. The van der Waals surface area contributed by atoms with E-state index in [0.29, 0.717) is 11.4 Å². The first-order chi connectivity index (χ1) is 14.2. The van der Waals surface area contributed by atoms with Crippen molar-refractivity contribution in [2.75, 3.05) is 0 Å². The van der Waals surface area contributed by atoms with Crippen LogP contribution < -0.4 is 0 Å². The van der Waals surface area contributed by atoms with Crippen molar-refractivity contribution in [1.82, 2.24) is 15.0 Å². The van der Waals surface area contributed by atoms with Crippen LogP contribution in [0.3, 0.4) is 0 Å². The van der Waals surface area contributed by atoms with Crippen LogP contribution >= 0.6 is 0 Å². The molecule has 0 saturated heterocycles. The topological polar surface area (TPSA) is 50.9 Å². The third-order valence-electron chi connectivity index (χ3n) is 5.57. The van der Waals surface area contributed by atoms with Crippen LogP contribution in [0.15, 0.2) is 36.4 Å². The molecule has 156 valence electrons. The fourth-order valence-electron chi connectivity index (χ4n) is 3.94. The Morgan fingerprint density at radius 2 is 1.38 bits per heavy atom. The highest BCUT2D eigenvalue weighted by molar-refractivity contribution is 5.73. The predicted molar refractivity (Wildman–Crippen MR) is 121 cm³/mol. The molecule has 0 fully saturated rings. The number of aryl methyl sites for hydroxylation is 2. The van der Waals surface area contributed by atoms with Crippen LogP contribution in [0, 0.1) is 0 Å². The first-order valence-electron chi connectivity index (χ1n) is 11.4. The molecule has 1 aromatic heterocycles. The van der Waals surface area contributed by atoms with E-state index in [4.69, 9.17) is 0 Å². The molecule has 4 heteroatoms. The second-order valence-corrected chi connectivity index (χ2v) is 8.08. The van der Waals surface area contributed by atoms with Crippen LogP contribution in [0.25, 0.3) is 16.7 Å². The quantitative estimate of drug-likeness (QED) is 0.346. The fraction of sp³-hybridized carbons (Fsp3) is 0.520. The SMILES string of the molecule is CCCCCCCCCCc1cc(CCC)cc(-n2nc3ccccc3n2)c1O. The molecule has 29 heavy (non-hydrogen) atoms. The number of hydrogen-bond acceptors (Lipinski definition) is 3. The van der Waals surface area contributed by atoms with Crippen molar-refractivity contribution < 1.29 is 5.11 Å². The van der Waals surface area contributed by atoms with Gasteiger partial charge in [0.05, 0.1) is 0 Å². The zero-order chi connectivity index (χ0) is 20.5. The van der Waals surface area contributed by atoms with E-state index >= 15 is 0 Å². The molecule has 1 N–H and O–H groups in total. The number of nitrogens with zero attached hydrogens (tertiary/aromatic N) is 3. The monoisotopic (exact) mass is 393 g/mol. The van der Waals surface area contributed by atoms with E-state index in [1.165, 1.54) is 50.5 Å². The zero-order valence-corrected chi connectivity index (χ0v) is 18.0. The van der Waals surface area contributed by atoms with E-state index in [2.05, 4.69) is 30.1 Å². The number of fused-ring (bicyclic) bond motifs is 1. The molecule has 0 saturated carbocycles. The van der Waals surface area contributed by atoms with E-state index in [1.54, 1.807) is 4.80 Å². The molecule has 0 atom stereocenters. The summed E-state index contributed by atoms with van der Waals surface area (Å²) in [5.41, 5.74) is 4.66. The van der Waals surface area contributed by atoms with Gasteiger partial charge >= 0.3 is 0 Å². The van der Waals surface area contributed by atoms with Gasteiger partial charge in [-0.1, -0.05) is 83.4 Å². The van der Waals surface area contributed by atoms with Crippen molar-refractivity contribution in [3.05, 3.63) is 47.5 Å². The molecular weight excluding hydrogens is 358 g/mol. The van der Waals surface area contributed by atoms with Gasteiger partial charge in [0.1, 0.15) is 22.5 Å². The Hall–Kier alpha value is -2.36. The fourth-order valence-corrected chi connectivity index (χ4v) is 3.94. The molecular formula is C25H35N3O. The first-order valence-corrected chi connectivity index (χ1v) is 11.4. The lowest BCUT2D eigenvalue weighted by molar-refractivity contribution is 0.458. The minimum absolute atomic E-state index is 0.327. The number of unbranched alkanes of at least 4 members (excludes halogenated alkanes) is 7. The Bertz CT molecular complexity index is 867. The number of hydrogen-bond donors (Lipinski definition) is 1. The number of benzene rings is 2. The van der Waals surface area contributed by atoms with Gasteiger partial charge in [0, 0.05) is 0 Å². The number of aromatic hydroxyl groups is 1. The van der Waals surface area contributed by atoms with Crippen molar-refractivity contribution in [3.8, 4) is 11.4 Å². The first kappa shape index (κ1) is 21.4. The third kappa shape index (κ3) is 5.81. The minimum Gasteiger partial charge on any atom is -0.505 e. The van der Waals surface area contributed by atoms with E-state index in [0.717, 1.165) is 42.3 Å². The molecule has 0 aliphatic heterocycles. The second-order valence-electron chi connectivity index (χ2n) is 8.08. The summed E-state index contributed by atoms with van der Waals surface area (Å²) < 4.78 is 0. The zero-order valence-electron chi connectivity index (χ0n) is 18.0. The van der Waals surface area contributed by atoms with Gasteiger partial charge in [0.15, 0.2) is 0 Å². The minimum atomic E-state index is 0.327. The van der Waals surface area contributed by atoms with Crippen LogP contribution in [0.4, 0.5) is 0 Å². The lowest BCUT2D eigenvalue weighted by atomic mass is 9.99. The summed E-state index contributed by atoms with van der Waals surface area (Å²) in [4.78, 5) is 1.59. The standard InChI is InChI=1S/C25H35N3O/c1-3-5-6-7-8-9-10-11-15-21-18-20(14-4-2)19-24(25(21)29)28-26-22-16-12-13-17-23(22)27-28/h12-13,16-19,29H,3-11,14-15H2,1-2H3. The molecule has 0 unspecified atom stereocenters. The Morgan fingerprint density at radius 3 is 2.00 bits per heavy atom. The van der Waals surface area contributed by atoms with Gasteiger partial charge in [-0.3, -0.25) is 0 Å². The maximum Gasteiger partial charge on any atom is 0.146 e. The average Bonchev–Trinajstić information content (AvgIpc) is 3.16. The largest absolute Gasteiger partial charge is 0.505 e. The molecule has 1 heterocycles. The Balaban J connectivity index is 1.70. The van der Waals surface area contributed by atoms with E-state index in [-0.39, 0.29) is 0 Å². The van der Waals surface area contributed by atoms with Gasteiger partial charge in [-0.05, 0) is 48.6 Å². The van der Waals surface area contributed by atoms with Crippen LogP contribution in [0.1, 0.15) is 82.8 Å². The summed E-state index contributed by atoms with van der Waals surface area (Å²) in [6, 6.07) is 12.0. The Kier molecular flexibility index (Phi) is 8.09. The van der Waals surface area contributed by atoms with Crippen LogP contribution in [0.2, 0.25) is 0 Å². The van der Waals surface area contributed by atoms with Crippen molar-refractivity contribution in [3.63, 3.8) is 0 Å². The van der Waals surface area contributed by atoms with Gasteiger partial charge in [-0.2, -0.15) is 0 Å². The number of rotatable bonds is 12. The maximum atomic E-state index is 11.0. The second kappa shape index (κ2) is 11.0. The summed E-state index contributed by atoms with van der Waals surface area (Å²) in [7, 11) is 0. The highest BCUT2D eigenvalue weighted by Gasteiger charge is 2.14.